The average molecular weight is 366 g/mol. The maximum atomic E-state index is 13.1. The van der Waals surface area contributed by atoms with Gasteiger partial charge in [0.15, 0.2) is 5.66 Å². The van der Waals surface area contributed by atoms with Crippen molar-refractivity contribution in [2.45, 2.75) is 49.8 Å². The maximum Gasteiger partial charge on any atom is 0.416 e. The van der Waals surface area contributed by atoms with Gasteiger partial charge in [-0.15, -0.1) is 0 Å². The Morgan fingerprint density at radius 1 is 1.32 bits per heavy atom. The Labute approximate surface area is 147 Å². The number of ether oxygens (including phenoxy) is 1. The van der Waals surface area contributed by atoms with E-state index < -0.39 is 39.0 Å². The van der Waals surface area contributed by atoms with Gasteiger partial charge in [-0.3, -0.25) is 9.69 Å². The van der Waals surface area contributed by atoms with Crippen molar-refractivity contribution in [2.75, 3.05) is 11.2 Å². The van der Waals surface area contributed by atoms with Crippen LogP contribution in [0.4, 0.5) is 10.5 Å². The topological polar surface area (TPSA) is 96.3 Å². The largest absolute Gasteiger partial charge is 0.481 e. The molecule has 1 heterocycles. The zero-order valence-corrected chi connectivity index (χ0v) is 15.5. The minimum atomic E-state index is -2.74. The number of carbonyl (C=O) groups is 2. The number of aliphatic carboxylic acids is 1. The van der Waals surface area contributed by atoms with Gasteiger partial charge in [0.25, 0.3) is 0 Å². The Morgan fingerprint density at radius 3 is 2.48 bits per heavy atom. The van der Waals surface area contributed by atoms with E-state index in [-0.39, 0.29) is 12.8 Å². The van der Waals surface area contributed by atoms with Crippen LogP contribution < -0.4 is 4.90 Å². The molecule has 1 saturated carbocycles. The predicted molar refractivity (Wildman–Crippen MR) is 93.0 cm³/mol. The number of amides is 1. The molecule has 0 saturated heterocycles. The van der Waals surface area contributed by atoms with Crippen LogP contribution in [0.25, 0.3) is 0 Å². The summed E-state index contributed by atoms with van der Waals surface area (Å²) in [6.07, 6.45) is 1.16. The van der Waals surface area contributed by atoms with E-state index in [1.54, 1.807) is 45.0 Å². The van der Waals surface area contributed by atoms with Gasteiger partial charge in [0.2, 0.25) is 0 Å². The molecule has 8 heteroatoms. The minimum absolute atomic E-state index is 0.126. The number of hydrogen-bond donors (Lipinski definition) is 1. The zero-order valence-electron chi connectivity index (χ0n) is 14.7. The number of hydrogen-bond acceptors (Lipinski definition) is 5. The normalized spacial score (nSPS) is 30.9. The van der Waals surface area contributed by atoms with Crippen molar-refractivity contribution in [1.82, 2.24) is 0 Å². The number of para-hydroxylation sites is 1. The lowest BCUT2D eigenvalue weighted by atomic mass is 9.73. The van der Waals surface area contributed by atoms with Gasteiger partial charge in [0, 0.05) is 19.1 Å². The van der Waals surface area contributed by atoms with Gasteiger partial charge < -0.3 is 9.84 Å². The highest BCUT2D eigenvalue weighted by molar-refractivity contribution is 7.93. The van der Waals surface area contributed by atoms with Crippen molar-refractivity contribution in [3.8, 4) is 0 Å². The summed E-state index contributed by atoms with van der Waals surface area (Å²) in [5, 5.41) is 9.24. The Hall–Kier alpha value is -2.09. The lowest BCUT2D eigenvalue weighted by Gasteiger charge is -2.51. The Bertz CT molecular complexity index is 858. The third-order valence-corrected chi connectivity index (χ3v) is 6.20. The fourth-order valence-corrected chi connectivity index (χ4v) is 5.19. The van der Waals surface area contributed by atoms with Crippen LogP contribution >= 0.6 is 0 Å². The van der Waals surface area contributed by atoms with E-state index in [0.29, 0.717) is 10.6 Å². The molecule has 1 N–H and O–H groups in total. The lowest BCUT2D eigenvalue weighted by molar-refractivity contribution is -0.147. The van der Waals surface area contributed by atoms with Crippen molar-refractivity contribution in [1.29, 1.82) is 0 Å². The molecule has 1 aromatic rings. The second kappa shape index (κ2) is 5.45. The first-order valence-electron chi connectivity index (χ1n) is 8.04. The second-order valence-corrected chi connectivity index (χ2v) is 9.83. The Balaban J connectivity index is 2.12. The van der Waals surface area contributed by atoms with E-state index in [1.807, 2.05) is 0 Å². The number of carboxylic acids is 1. The first-order chi connectivity index (χ1) is 11.5. The maximum absolute atomic E-state index is 13.1. The lowest BCUT2D eigenvalue weighted by Crippen LogP contribution is -2.62. The van der Waals surface area contributed by atoms with Crippen LogP contribution in [-0.4, -0.2) is 38.9 Å². The van der Waals surface area contributed by atoms with Crippen LogP contribution in [-0.2, 0) is 19.3 Å². The summed E-state index contributed by atoms with van der Waals surface area (Å²) in [4.78, 5) is 26.0. The molecule has 3 rings (SSSR count). The summed E-state index contributed by atoms with van der Waals surface area (Å²) in [6.45, 7) is 5.27. The molecular weight excluding hydrogens is 344 g/mol. The van der Waals surface area contributed by atoms with Crippen LogP contribution in [0.2, 0.25) is 0 Å². The molecule has 1 aliphatic carbocycles. The van der Waals surface area contributed by atoms with E-state index in [2.05, 4.69) is 4.36 Å². The van der Waals surface area contributed by atoms with E-state index in [9.17, 15) is 18.9 Å². The monoisotopic (exact) mass is 366 g/mol. The summed E-state index contributed by atoms with van der Waals surface area (Å²) in [7, 11) is -2.74. The van der Waals surface area contributed by atoms with Crippen LogP contribution in [0, 0.1) is 5.92 Å². The van der Waals surface area contributed by atoms with Crippen molar-refractivity contribution < 1.29 is 23.6 Å². The highest BCUT2D eigenvalue weighted by atomic mass is 32.2. The van der Waals surface area contributed by atoms with Crippen LogP contribution in [0.3, 0.4) is 0 Å². The van der Waals surface area contributed by atoms with Gasteiger partial charge in [-0.05, 0) is 32.9 Å². The summed E-state index contributed by atoms with van der Waals surface area (Å²) < 4.78 is 23.0. The van der Waals surface area contributed by atoms with Crippen molar-refractivity contribution in [3.63, 3.8) is 0 Å². The molecule has 1 fully saturated rings. The van der Waals surface area contributed by atoms with Gasteiger partial charge in [0.1, 0.15) is 5.60 Å². The summed E-state index contributed by atoms with van der Waals surface area (Å²) in [5.74, 6) is -1.56. The fraction of sp³-hybridized carbons (Fsp3) is 0.529. The first kappa shape index (κ1) is 17.7. The Morgan fingerprint density at radius 2 is 1.92 bits per heavy atom. The second-order valence-electron chi connectivity index (χ2n) is 7.60. The first-order valence-corrected chi connectivity index (χ1v) is 9.96. The molecule has 0 aromatic heterocycles. The molecular formula is C17H22N2O5S. The smallest absolute Gasteiger partial charge is 0.416 e. The number of fused-ring (bicyclic) bond motifs is 1. The molecule has 1 spiro atoms. The molecule has 25 heavy (non-hydrogen) atoms. The van der Waals surface area contributed by atoms with Crippen LogP contribution in [0.1, 0.15) is 33.6 Å². The summed E-state index contributed by atoms with van der Waals surface area (Å²) >= 11 is 0. The van der Waals surface area contributed by atoms with Crippen LogP contribution in [0.15, 0.2) is 33.5 Å². The highest BCUT2D eigenvalue weighted by Crippen LogP contribution is 2.51. The van der Waals surface area contributed by atoms with Gasteiger partial charge in [0.05, 0.1) is 26.2 Å². The molecule has 136 valence electrons. The number of carbonyl (C=O) groups excluding carboxylic acids is 1. The van der Waals surface area contributed by atoms with Crippen molar-refractivity contribution in [3.05, 3.63) is 24.3 Å². The molecule has 1 atom stereocenters. The summed E-state index contributed by atoms with van der Waals surface area (Å²) in [5.41, 5.74) is -1.37. The van der Waals surface area contributed by atoms with Crippen LogP contribution in [0.5, 0.6) is 0 Å². The third-order valence-electron chi connectivity index (χ3n) is 4.35. The van der Waals surface area contributed by atoms with Gasteiger partial charge in [-0.2, -0.15) is 0 Å². The third kappa shape index (κ3) is 2.99. The molecule has 2 aliphatic rings. The highest BCUT2D eigenvalue weighted by Gasteiger charge is 2.57. The number of rotatable bonds is 1. The standard InChI is InChI=1S/C17H22N2O5S/c1-16(2,3)24-15(22)19-12-7-5-6-8-13(12)25(4,23)18-17(19)9-11(10-17)14(20)21/h5-8,11H,9-10H2,1-4H3,(H,20,21). The fourth-order valence-electron chi connectivity index (χ4n) is 3.34. The number of benzene rings is 1. The molecule has 7 nitrogen and oxygen atoms in total. The zero-order chi connectivity index (χ0) is 18.6. The van der Waals surface area contributed by atoms with E-state index >= 15 is 0 Å². The average Bonchev–Trinajstić information content (AvgIpc) is 2.41. The van der Waals surface area contributed by atoms with Gasteiger partial charge in [-0.1, -0.05) is 12.1 Å². The molecule has 0 radical (unpaired) electrons. The molecule has 1 aliphatic heterocycles. The Kier molecular flexibility index (Phi) is 3.87. The SMILES string of the molecule is CC(C)(C)OC(=O)N1c2ccccc2S(C)(=O)=NC12CC(C(=O)O)C2. The van der Waals surface area contributed by atoms with E-state index in [4.69, 9.17) is 4.74 Å². The molecule has 1 amide bonds. The molecule has 0 bridgehead atoms. The number of anilines is 1. The minimum Gasteiger partial charge on any atom is -0.481 e. The van der Waals surface area contributed by atoms with Crippen molar-refractivity contribution >= 4 is 27.5 Å². The summed E-state index contributed by atoms with van der Waals surface area (Å²) in [6, 6.07) is 6.87. The molecule has 1 unspecified atom stereocenters. The van der Waals surface area contributed by atoms with Gasteiger partial charge >= 0.3 is 12.1 Å². The van der Waals surface area contributed by atoms with Gasteiger partial charge in [-0.25, -0.2) is 13.4 Å². The van der Waals surface area contributed by atoms with E-state index in [1.165, 1.54) is 11.2 Å². The number of nitrogens with zero attached hydrogens (tertiary/aromatic N) is 2. The quantitative estimate of drug-likeness (QED) is 0.824. The van der Waals surface area contributed by atoms with Crippen molar-refractivity contribution in [2.24, 2.45) is 10.3 Å². The number of carboxylic acid groups (broad SMARTS) is 1. The predicted octanol–water partition coefficient (Wildman–Crippen LogP) is 3.09. The van der Waals surface area contributed by atoms with E-state index in [0.717, 1.165) is 0 Å². The molecule has 1 aromatic carbocycles.